The number of ether oxygens (including phenoxy) is 2. The van der Waals surface area contributed by atoms with Crippen molar-refractivity contribution in [1.29, 1.82) is 0 Å². The Kier molecular flexibility index (Phi) is 5.80. The minimum Gasteiger partial charge on any atom is -0.379 e. The third-order valence-corrected chi connectivity index (χ3v) is 4.73. The SMILES string of the molecule is CCN(C)c1ccnc(C[C@@H]2CC[C@H](CN3CCOCC3)O2)n1. The van der Waals surface area contributed by atoms with Crippen LogP contribution in [0.3, 0.4) is 0 Å². The van der Waals surface area contributed by atoms with Crippen molar-refractivity contribution in [3.05, 3.63) is 18.1 Å². The molecular weight excluding hydrogens is 292 g/mol. The van der Waals surface area contributed by atoms with Gasteiger partial charge >= 0.3 is 0 Å². The Morgan fingerprint density at radius 3 is 2.83 bits per heavy atom. The quantitative estimate of drug-likeness (QED) is 0.789. The van der Waals surface area contributed by atoms with Gasteiger partial charge < -0.3 is 14.4 Å². The molecule has 2 aliphatic heterocycles. The first-order chi connectivity index (χ1) is 11.2. The molecule has 0 radical (unpaired) electrons. The van der Waals surface area contributed by atoms with Crippen molar-refractivity contribution in [2.45, 2.75) is 38.4 Å². The minimum atomic E-state index is 0.253. The Morgan fingerprint density at radius 2 is 2.04 bits per heavy atom. The van der Waals surface area contributed by atoms with Gasteiger partial charge in [0.1, 0.15) is 11.6 Å². The molecule has 0 N–H and O–H groups in total. The molecule has 1 aromatic heterocycles. The van der Waals surface area contributed by atoms with Crippen LogP contribution in [0.5, 0.6) is 0 Å². The smallest absolute Gasteiger partial charge is 0.133 e. The van der Waals surface area contributed by atoms with Crippen molar-refractivity contribution in [2.24, 2.45) is 0 Å². The third-order valence-electron chi connectivity index (χ3n) is 4.73. The van der Waals surface area contributed by atoms with Crippen molar-refractivity contribution in [1.82, 2.24) is 14.9 Å². The highest BCUT2D eigenvalue weighted by atomic mass is 16.5. The normalized spacial score (nSPS) is 25.7. The number of anilines is 1. The van der Waals surface area contributed by atoms with E-state index >= 15 is 0 Å². The molecule has 1 aromatic rings. The molecule has 6 heteroatoms. The van der Waals surface area contributed by atoms with E-state index < -0.39 is 0 Å². The molecule has 2 saturated heterocycles. The van der Waals surface area contributed by atoms with Crippen molar-refractivity contribution >= 4 is 5.82 Å². The van der Waals surface area contributed by atoms with E-state index in [1.54, 1.807) is 0 Å². The first-order valence-electron chi connectivity index (χ1n) is 8.73. The van der Waals surface area contributed by atoms with Gasteiger partial charge in [-0.25, -0.2) is 9.97 Å². The largest absolute Gasteiger partial charge is 0.379 e. The zero-order valence-corrected chi connectivity index (χ0v) is 14.3. The van der Waals surface area contributed by atoms with Crippen LogP contribution in [0.15, 0.2) is 12.3 Å². The number of aromatic nitrogens is 2. The van der Waals surface area contributed by atoms with E-state index in [0.717, 1.165) is 70.3 Å². The van der Waals surface area contributed by atoms with Crippen molar-refractivity contribution in [2.75, 3.05) is 51.3 Å². The van der Waals surface area contributed by atoms with E-state index in [0.29, 0.717) is 6.10 Å². The first-order valence-corrected chi connectivity index (χ1v) is 8.73. The van der Waals surface area contributed by atoms with Crippen LogP contribution in [0.25, 0.3) is 0 Å². The monoisotopic (exact) mass is 320 g/mol. The summed E-state index contributed by atoms with van der Waals surface area (Å²) in [5, 5.41) is 0. The Labute approximate surface area is 138 Å². The summed E-state index contributed by atoms with van der Waals surface area (Å²) in [6.07, 6.45) is 5.50. The molecule has 2 aliphatic rings. The summed E-state index contributed by atoms with van der Waals surface area (Å²) >= 11 is 0. The molecule has 0 saturated carbocycles. The molecule has 128 valence electrons. The second-order valence-electron chi connectivity index (χ2n) is 6.42. The van der Waals surface area contributed by atoms with Crippen molar-refractivity contribution in [3.8, 4) is 0 Å². The van der Waals surface area contributed by atoms with Crippen LogP contribution in [-0.2, 0) is 15.9 Å². The van der Waals surface area contributed by atoms with Gasteiger partial charge in [0.2, 0.25) is 0 Å². The molecule has 0 bridgehead atoms. The molecule has 2 fully saturated rings. The van der Waals surface area contributed by atoms with Gasteiger partial charge in [0.05, 0.1) is 25.4 Å². The number of nitrogens with zero attached hydrogens (tertiary/aromatic N) is 4. The first kappa shape index (κ1) is 16.6. The molecule has 0 aromatic carbocycles. The molecule has 0 spiro atoms. The summed E-state index contributed by atoms with van der Waals surface area (Å²) < 4.78 is 11.6. The van der Waals surface area contributed by atoms with Crippen LogP contribution in [0, 0.1) is 0 Å². The van der Waals surface area contributed by atoms with E-state index in [1.165, 1.54) is 0 Å². The average molecular weight is 320 g/mol. The topological polar surface area (TPSA) is 50.7 Å². The lowest BCUT2D eigenvalue weighted by Crippen LogP contribution is -2.41. The molecule has 0 unspecified atom stereocenters. The second kappa shape index (κ2) is 8.04. The van der Waals surface area contributed by atoms with Gasteiger partial charge in [-0.15, -0.1) is 0 Å². The van der Waals surface area contributed by atoms with Crippen molar-refractivity contribution in [3.63, 3.8) is 0 Å². The van der Waals surface area contributed by atoms with Gasteiger partial charge in [-0.3, -0.25) is 4.90 Å². The maximum absolute atomic E-state index is 6.22. The summed E-state index contributed by atoms with van der Waals surface area (Å²) in [5.74, 6) is 1.88. The van der Waals surface area contributed by atoms with Crippen LogP contribution in [0.4, 0.5) is 5.82 Å². The van der Waals surface area contributed by atoms with Crippen LogP contribution in [0.2, 0.25) is 0 Å². The lowest BCUT2D eigenvalue weighted by molar-refractivity contribution is -0.0112. The maximum atomic E-state index is 6.22. The van der Waals surface area contributed by atoms with Gasteiger partial charge in [-0.2, -0.15) is 0 Å². The molecule has 0 aliphatic carbocycles. The van der Waals surface area contributed by atoms with Crippen LogP contribution in [-0.4, -0.2) is 73.5 Å². The van der Waals surface area contributed by atoms with E-state index in [4.69, 9.17) is 9.47 Å². The van der Waals surface area contributed by atoms with Gasteiger partial charge in [0.15, 0.2) is 0 Å². The predicted molar refractivity (Wildman–Crippen MR) is 89.8 cm³/mol. The Bertz CT molecular complexity index is 493. The van der Waals surface area contributed by atoms with E-state index in [2.05, 4.69) is 33.7 Å². The Morgan fingerprint density at radius 1 is 1.26 bits per heavy atom. The van der Waals surface area contributed by atoms with Crippen LogP contribution in [0.1, 0.15) is 25.6 Å². The molecule has 23 heavy (non-hydrogen) atoms. The van der Waals surface area contributed by atoms with Gasteiger partial charge in [-0.05, 0) is 25.8 Å². The predicted octanol–water partition coefficient (Wildman–Crippen LogP) is 1.35. The standard InChI is InChI=1S/C17H28N4O2/c1-3-20(2)17-6-7-18-16(19-17)12-14-4-5-15(23-14)13-21-8-10-22-11-9-21/h6-7,14-15H,3-5,8-13H2,1-2H3/t14-,15+/m0/s1. The summed E-state index contributed by atoms with van der Waals surface area (Å²) in [6, 6.07) is 1.96. The zero-order chi connectivity index (χ0) is 16.1. The molecule has 0 amide bonds. The number of morpholine rings is 1. The highest BCUT2D eigenvalue weighted by Gasteiger charge is 2.28. The van der Waals surface area contributed by atoms with E-state index in [-0.39, 0.29) is 6.10 Å². The van der Waals surface area contributed by atoms with Crippen LogP contribution >= 0.6 is 0 Å². The highest BCUT2D eigenvalue weighted by Crippen LogP contribution is 2.23. The lowest BCUT2D eigenvalue weighted by atomic mass is 10.1. The van der Waals surface area contributed by atoms with E-state index in [9.17, 15) is 0 Å². The van der Waals surface area contributed by atoms with Crippen LogP contribution < -0.4 is 4.90 Å². The fourth-order valence-corrected chi connectivity index (χ4v) is 3.20. The van der Waals surface area contributed by atoms with Crippen molar-refractivity contribution < 1.29 is 9.47 Å². The van der Waals surface area contributed by atoms with Gasteiger partial charge in [0, 0.05) is 45.8 Å². The molecule has 3 heterocycles. The average Bonchev–Trinajstić information content (AvgIpc) is 3.02. The van der Waals surface area contributed by atoms with E-state index in [1.807, 2.05) is 12.3 Å². The Hall–Kier alpha value is -1.24. The van der Waals surface area contributed by atoms with Gasteiger partial charge in [0.25, 0.3) is 0 Å². The number of hydrogen-bond donors (Lipinski definition) is 0. The fraction of sp³-hybridized carbons (Fsp3) is 0.765. The minimum absolute atomic E-state index is 0.253. The molecule has 3 rings (SSSR count). The number of hydrogen-bond acceptors (Lipinski definition) is 6. The molecule has 6 nitrogen and oxygen atoms in total. The second-order valence-corrected chi connectivity index (χ2v) is 6.42. The maximum Gasteiger partial charge on any atom is 0.133 e. The zero-order valence-electron chi connectivity index (χ0n) is 14.3. The molecular formula is C17H28N4O2. The summed E-state index contributed by atoms with van der Waals surface area (Å²) in [4.78, 5) is 13.6. The summed E-state index contributed by atoms with van der Waals surface area (Å²) in [5.41, 5.74) is 0. The number of rotatable bonds is 6. The third kappa shape index (κ3) is 4.62. The summed E-state index contributed by atoms with van der Waals surface area (Å²) in [6.45, 7) is 7.84. The fourth-order valence-electron chi connectivity index (χ4n) is 3.20. The van der Waals surface area contributed by atoms with Gasteiger partial charge in [-0.1, -0.05) is 0 Å². The Balaban J connectivity index is 1.49. The lowest BCUT2D eigenvalue weighted by Gasteiger charge is -2.28. The summed E-state index contributed by atoms with van der Waals surface area (Å²) in [7, 11) is 2.05. The molecule has 2 atom stereocenters. The highest BCUT2D eigenvalue weighted by molar-refractivity contribution is 5.35.